The van der Waals surface area contributed by atoms with Gasteiger partial charge in [-0.2, -0.15) is 0 Å². The monoisotopic (exact) mass is 435 g/mol. The highest BCUT2D eigenvalue weighted by atomic mass is 32.2. The first kappa shape index (κ1) is 20.6. The Morgan fingerprint density at radius 3 is 2.48 bits per heavy atom. The molecule has 1 N–H and O–H groups in total. The minimum absolute atomic E-state index is 0.0168. The number of ether oxygens (including phenoxy) is 1. The van der Waals surface area contributed by atoms with Crippen molar-refractivity contribution in [3.8, 4) is 5.75 Å². The second-order valence-electron chi connectivity index (χ2n) is 7.22. The average Bonchev–Trinajstić information content (AvgIpc) is 2.73. The topological polar surface area (TPSA) is 89.8 Å². The SMILES string of the molecule is Cc1ccc(S(=O)(=O)Nc2ccccc2OCc2cc(=O)n3ccc(C)cc3n2)cc1. The van der Waals surface area contributed by atoms with E-state index in [1.54, 1.807) is 54.7 Å². The van der Waals surface area contributed by atoms with Gasteiger partial charge in [-0.05, 0) is 55.8 Å². The van der Waals surface area contributed by atoms with Crippen LogP contribution in [0.3, 0.4) is 0 Å². The minimum Gasteiger partial charge on any atom is -0.485 e. The van der Waals surface area contributed by atoms with Crippen LogP contribution in [0, 0.1) is 13.8 Å². The van der Waals surface area contributed by atoms with Crippen LogP contribution in [0.2, 0.25) is 0 Å². The van der Waals surface area contributed by atoms with Crippen molar-refractivity contribution in [2.45, 2.75) is 25.3 Å². The highest BCUT2D eigenvalue weighted by molar-refractivity contribution is 7.92. The van der Waals surface area contributed by atoms with Gasteiger partial charge in [-0.1, -0.05) is 29.8 Å². The zero-order chi connectivity index (χ0) is 22.0. The first-order valence-electron chi connectivity index (χ1n) is 9.62. The lowest BCUT2D eigenvalue weighted by atomic mass is 10.2. The molecule has 0 saturated heterocycles. The maximum absolute atomic E-state index is 12.7. The van der Waals surface area contributed by atoms with Gasteiger partial charge in [-0.15, -0.1) is 0 Å². The van der Waals surface area contributed by atoms with Crippen LogP contribution in [0.25, 0.3) is 5.65 Å². The molecule has 0 amide bonds. The summed E-state index contributed by atoms with van der Waals surface area (Å²) in [5, 5.41) is 0. The zero-order valence-electron chi connectivity index (χ0n) is 17.1. The van der Waals surface area contributed by atoms with E-state index in [9.17, 15) is 13.2 Å². The third kappa shape index (κ3) is 4.59. The summed E-state index contributed by atoms with van der Waals surface area (Å²) in [6, 6.07) is 18.4. The third-order valence-electron chi connectivity index (χ3n) is 4.71. The number of benzene rings is 2. The second-order valence-corrected chi connectivity index (χ2v) is 8.90. The predicted octanol–water partition coefficient (Wildman–Crippen LogP) is 3.69. The Hall–Kier alpha value is -3.65. The Morgan fingerprint density at radius 2 is 1.71 bits per heavy atom. The van der Waals surface area contributed by atoms with Crippen molar-refractivity contribution < 1.29 is 13.2 Å². The number of rotatable bonds is 6. The Kier molecular flexibility index (Phi) is 5.48. The molecule has 2 aromatic heterocycles. The summed E-state index contributed by atoms with van der Waals surface area (Å²) in [4.78, 5) is 17.0. The molecule has 0 unspecified atom stereocenters. The highest BCUT2D eigenvalue weighted by Crippen LogP contribution is 2.27. The van der Waals surface area contributed by atoms with Gasteiger partial charge in [-0.3, -0.25) is 13.9 Å². The molecule has 31 heavy (non-hydrogen) atoms. The van der Waals surface area contributed by atoms with E-state index in [1.165, 1.54) is 10.5 Å². The molecular formula is C23H21N3O4S. The van der Waals surface area contributed by atoms with Crippen LogP contribution < -0.4 is 15.0 Å². The summed E-state index contributed by atoms with van der Waals surface area (Å²) in [5.41, 5.74) is 3.03. The van der Waals surface area contributed by atoms with Crippen LogP contribution in [-0.4, -0.2) is 17.8 Å². The molecule has 4 rings (SSSR count). The molecule has 158 valence electrons. The Morgan fingerprint density at radius 1 is 0.968 bits per heavy atom. The van der Waals surface area contributed by atoms with Gasteiger partial charge in [0.15, 0.2) is 0 Å². The van der Waals surface area contributed by atoms with Crippen LogP contribution >= 0.6 is 0 Å². The lowest BCUT2D eigenvalue weighted by Gasteiger charge is -2.14. The van der Waals surface area contributed by atoms with Crippen molar-refractivity contribution in [1.29, 1.82) is 0 Å². The van der Waals surface area contributed by atoms with Gasteiger partial charge in [0.1, 0.15) is 18.0 Å². The van der Waals surface area contributed by atoms with Crippen LogP contribution in [0.15, 0.2) is 82.6 Å². The lowest BCUT2D eigenvalue weighted by Crippen LogP contribution is -2.17. The number of hydrogen-bond acceptors (Lipinski definition) is 5. The van der Waals surface area contributed by atoms with Crippen molar-refractivity contribution in [2.24, 2.45) is 0 Å². The van der Waals surface area contributed by atoms with E-state index >= 15 is 0 Å². The van der Waals surface area contributed by atoms with Crippen LogP contribution in [0.5, 0.6) is 5.75 Å². The molecule has 0 saturated carbocycles. The number of aryl methyl sites for hydroxylation is 2. The number of nitrogens with one attached hydrogen (secondary N) is 1. The molecule has 2 heterocycles. The van der Waals surface area contributed by atoms with Crippen molar-refractivity contribution in [2.75, 3.05) is 4.72 Å². The summed E-state index contributed by atoms with van der Waals surface area (Å²) in [7, 11) is -3.77. The number of hydrogen-bond donors (Lipinski definition) is 1. The minimum atomic E-state index is -3.77. The fourth-order valence-corrected chi connectivity index (χ4v) is 4.15. The Balaban J connectivity index is 1.58. The molecular weight excluding hydrogens is 414 g/mol. The maximum atomic E-state index is 12.7. The van der Waals surface area contributed by atoms with E-state index in [0.29, 0.717) is 22.8 Å². The Bertz CT molecular complexity index is 1410. The van der Waals surface area contributed by atoms with Crippen LogP contribution in [0.1, 0.15) is 16.8 Å². The van der Waals surface area contributed by atoms with E-state index in [4.69, 9.17) is 4.74 Å². The third-order valence-corrected chi connectivity index (χ3v) is 6.10. The second kappa shape index (κ2) is 8.23. The molecule has 0 aliphatic heterocycles. The number of fused-ring (bicyclic) bond motifs is 1. The molecule has 0 aliphatic carbocycles. The predicted molar refractivity (Wildman–Crippen MR) is 119 cm³/mol. The largest absolute Gasteiger partial charge is 0.485 e. The number of sulfonamides is 1. The number of pyridine rings is 1. The van der Waals surface area contributed by atoms with Gasteiger partial charge in [0.05, 0.1) is 16.3 Å². The van der Waals surface area contributed by atoms with E-state index in [-0.39, 0.29) is 17.1 Å². The van der Waals surface area contributed by atoms with E-state index < -0.39 is 10.0 Å². The fourth-order valence-electron chi connectivity index (χ4n) is 3.08. The summed E-state index contributed by atoms with van der Waals surface area (Å²) < 4.78 is 35.3. The molecule has 0 aliphatic rings. The van der Waals surface area contributed by atoms with E-state index in [2.05, 4.69) is 9.71 Å². The van der Waals surface area contributed by atoms with E-state index in [0.717, 1.165) is 11.1 Å². The molecule has 4 aromatic rings. The quantitative estimate of drug-likeness (QED) is 0.499. The summed E-state index contributed by atoms with van der Waals surface area (Å²) in [5.74, 6) is 0.337. The van der Waals surface area contributed by atoms with Gasteiger partial charge >= 0.3 is 0 Å². The fraction of sp³-hybridized carbons (Fsp3) is 0.130. The number of para-hydroxylation sites is 2. The molecule has 0 spiro atoms. The lowest BCUT2D eigenvalue weighted by molar-refractivity contribution is 0.303. The van der Waals surface area contributed by atoms with E-state index in [1.807, 2.05) is 26.0 Å². The normalized spacial score (nSPS) is 11.4. The number of aromatic nitrogens is 2. The molecule has 7 nitrogen and oxygen atoms in total. The molecule has 0 fully saturated rings. The van der Waals surface area contributed by atoms with Gasteiger partial charge < -0.3 is 4.74 Å². The van der Waals surface area contributed by atoms with Gasteiger partial charge in [0.2, 0.25) is 0 Å². The maximum Gasteiger partial charge on any atom is 0.262 e. The van der Waals surface area contributed by atoms with Gasteiger partial charge in [-0.25, -0.2) is 13.4 Å². The number of anilines is 1. The molecule has 0 bridgehead atoms. The van der Waals surface area contributed by atoms with Crippen LogP contribution in [-0.2, 0) is 16.6 Å². The standard InChI is InChI=1S/C23H21N3O4S/c1-16-7-9-19(10-8-16)31(28,29)25-20-5-3-4-6-21(20)30-15-18-14-23(27)26-12-11-17(2)13-22(26)24-18/h3-14,25H,15H2,1-2H3. The first-order valence-corrected chi connectivity index (χ1v) is 11.1. The smallest absolute Gasteiger partial charge is 0.262 e. The van der Waals surface area contributed by atoms with Crippen molar-refractivity contribution in [3.63, 3.8) is 0 Å². The van der Waals surface area contributed by atoms with Crippen LogP contribution in [0.4, 0.5) is 5.69 Å². The molecule has 8 heteroatoms. The zero-order valence-corrected chi connectivity index (χ0v) is 17.9. The van der Waals surface area contributed by atoms with Gasteiger partial charge in [0.25, 0.3) is 15.6 Å². The molecule has 0 atom stereocenters. The number of nitrogens with zero attached hydrogens (tertiary/aromatic N) is 2. The average molecular weight is 436 g/mol. The van der Waals surface area contributed by atoms with Gasteiger partial charge in [0, 0.05) is 12.3 Å². The highest BCUT2D eigenvalue weighted by Gasteiger charge is 2.16. The summed E-state index contributed by atoms with van der Waals surface area (Å²) >= 11 is 0. The first-order chi connectivity index (χ1) is 14.8. The van der Waals surface area contributed by atoms with Crippen molar-refractivity contribution >= 4 is 21.4 Å². The molecule has 0 radical (unpaired) electrons. The van der Waals surface area contributed by atoms with Crippen molar-refractivity contribution in [3.05, 3.63) is 100 Å². The molecule has 2 aromatic carbocycles. The summed E-state index contributed by atoms with van der Waals surface area (Å²) in [6.45, 7) is 3.83. The Labute approximate surface area is 180 Å². The summed E-state index contributed by atoms with van der Waals surface area (Å²) in [6.07, 6.45) is 1.68. The van der Waals surface area contributed by atoms with Crippen molar-refractivity contribution in [1.82, 2.24) is 9.38 Å².